The van der Waals surface area contributed by atoms with E-state index < -0.39 is 0 Å². The zero-order valence-electron chi connectivity index (χ0n) is 14.5. The standard InChI is InChI=1S/C19H14N8O/c20-12-1-6-16-15(7-12)19(23-9-21-16)26-13-2-4-14(5-3-13)28-18-8-17-22-10-25-27(17)11-24-18/h1-11H,20H2,(H,21,23,26). The number of anilines is 3. The highest BCUT2D eigenvalue weighted by atomic mass is 16.5. The van der Waals surface area contributed by atoms with Crippen molar-refractivity contribution < 1.29 is 4.74 Å². The van der Waals surface area contributed by atoms with Crippen molar-refractivity contribution in [1.82, 2.24) is 29.5 Å². The highest BCUT2D eigenvalue weighted by Gasteiger charge is 2.06. The summed E-state index contributed by atoms with van der Waals surface area (Å²) in [4.78, 5) is 16.9. The van der Waals surface area contributed by atoms with Crippen LogP contribution in [-0.4, -0.2) is 29.5 Å². The van der Waals surface area contributed by atoms with Crippen LogP contribution < -0.4 is 15.8 Å². The lowest BCUT2D eigenvalue weighted by Crippen LogP contribution is -1.97. The Labute approximate surface area is 158 Å². The molecule has 0 bridgehead atoms. The number of hydrogen-bond donors (Lipinski definition) is 2. The number of hydrogen-bond acceptors (Lipinski definition) is 8. The predicted octanol–water partition coefficient (Wildman–Crippen LogP) is 3.19. The van der Waals surface area contributed by atoms with E-state index in [1.807, 2.05) is 42.5 Å². The summed E-state index contributed by atoms with van der Waals surface area (Å²) < 4.78 is 7.35. The van der Waals surface area contributed by atoms with Gasteiger partial charge in [-0.05, 0) is 42.5 Å². The van der Waals surface area contributed by atoms with Gasteiger partial charge in [-0.3, -0.25) is 0 Å². The normalized spacial score (nSPS) is 11.0. The first kappa shape index (κ1) is 15.9. The van der Waals surface area contributed by atoms with Crippen molar-refractivity contribution in [3.63, 3.8) is 0 Å². The Bertz CT molecular complexity index is 1280. The molecule has 5 rings (SSSR count). The van der Waals surface area contributed by atoms with E-state index in [1.54, 1.807) is 16.9 Å². The van der Waals surface area contributed by atoms with Crippen LogP contribution in [0, 0.1) is 0 Å². The molecule has 136 valence electrons. The first-order valence-corrected chi connectivity index (χ1v) is 8.45. The van der Waals surface area contributed by atoms with Gasteiger partial charge in [0.1, 0.15) is 30.5 Å². The van der Waals surface area contributed by atoms with Crippen molar-refractivity contribution in [2.75, 3.05) is 11.1 Å². The van der Waals surface area contributed by atoms with Crippen molar-refractivity contribution in [2.24, 2.45) is 0 Å². The predicted molar refractivity (Wildman–Crippen MR) is 105 cm³/mol. The van der Waals surface area contributed by atoms with Gasteiger partial charge in [0.25, 0.3) is 0 Å². The third-order valence-electron chi connectivity index (χ3n) is 4.15. The molecule has 3 aromatic heterocycles. The Hall–Kier alpha value is -4.27. The molecule has 0 unspecified atom stereocenters. The smallest absolute Gasteiger partial charge is 0.224 e. The number of rotatable bonds is 4. The molecule has 2 aromatic carbocycles. The molecule has 0 saturated carbocycles. The summed E-state index contributed by atoms with van der Waals surface area (Å²) in [6.45, 7) is 0. The molecular formula is C19H14N8O. The number of ether oxygens (including phenoxy) is 1. The van der Waals surface area contributed by atoms with Crippen molar-refractivity contribution in [3.8, 4) is 11.6 Å². The van der Waals surface area contributed by atoms with Gasteiger partial charge in [0.15, 0.2) is 5.65 Å². The summed E-state index contributed by atoms with van der Waals surface area (Å²) >= 11 is 0. The van der Waals surface area contributed by atoms with Crippen LogP contribution in [0.3, 0.4) is 0 Å². The van der Waals surface area contributed by atoms with Gasteiger partial charge in [0.05, 0.1) is 5.52 Å². The average Bonchev–Trinajstić information content (AvgIpc) is 3.18. The number of nitrogens with one attached hydrogen (secondary N) is 1. The second-order valence-corrected chi connectivity index (χ2v) is 6.04. The van der Waals surface area contributed by atoms with Gasteiger partial charge in [-0.15, -0.1) is 0 Å². The van der Waals surface area contributed by atoms with E-state index in [1.165, 1.54) is 12.7 Å². The first-order valence-electron chi connectivity index (χ1n) is 8.45. The number of nitrogens with zero attached hydrogens (tertiary/aromatic N) is 6. The number of benzene rings is 2. The second-order valence-electron chi connectivity index (χ2n) is 6.04. The van der Waals surface area contributed by atoms with Crippen LogP contribution in [0.1, 0.15) is 0 Å². The molecule has 0 radical (unpaired) electrons. The minimum Gasteiger partial charge on any atom is -0.439 e. The van der Waals surface area contributed by atoms with Gasteiger partial charge < -0.3 is 15.8 Å². The minimum absolute atomic E-state index is 0.443. The molecule has 3 N–H and O–H groups in total. The van der Waals surface area contributed by atoms with Crippen LogP contribution in [0.4, 0.5) is 17.2 Å². The minimum atomic E-state index is 0.443. The summed E-state index contributed by atoms with van der Waals surface area (Å²) in [6, 6.07) is 14.7. The van der Waals surface area contributed by atoms with E-state index in [9.17, 15) is 0 Å². The van der Waals surface area contributed by atoms with Gasteiger partial charge in [-0.25, -0.2) is 24.5 Å². The van der Waals surface area contributed by atoms with Crippen LogP contribution in [-0.2, 0) is 0 Å². The number of nitrogen functional groups attached to an aromatic ring is 1. The third kappa shape index (κ3) is 3.01. The average molecular weight is 370 g/mol. The van der Waals surface area contributed by atoms with Gasteiger partial charge in [0.2, 0.25) is 5.88 Å². The van der Waals surface area contributed by atoms with Crippen molar-refractivity contribution >= 4 is 33.7 Å². The maximum Gasteiger partial charge on any atom is 0.224 e. The third-order valence-corrected chi connectivity index (χ3v) is 4.15. The Balaban J connectivity index is 1.37. The lowest BCUT2D eigenvalue weighted by molar-refractivity contribution is 0.461. The Morgan fingerprint density at radius 3 is 2.68 bits per heavy atom. The molecule has 0 amide bonds. The molecule has 0 spiro atoms. The highest BCUT2D eigenvalue weighted by Crippen LogP contribution is 2.27. The van der Waals surface area contributed by atoms with E-state index in [0.717, 1.165) is 16.6 Å². The summed E-state index contributed by atoms with van der Waals surface area (Å²) in [7, 11) is 0. The Morgan fingerprint density at radius 1 is 0.893 bits per heavy atom. The fraction of sp³-hybridized carbons (Fsp3) is 0. The number of fused-ring (bicyclic) bond motifs is 2. The summed E-state index contributed by atoms with van der Waals surface area (Å²) in [5, 5.41) is 8.15. The van der Waals surface area contributed by atoms with Crippen molar-refractivity contribution in [2.45, 2.75) is 0 Å². The SMILES string of the molecule is Nc1ccc2ncnc(Nc3ccc(Oc4cc5ncnn5cn4)cc3)c2c1. The van der Waals surface area contributed by atoms with Crippen molar-refractivity contribution in [1.29, 1.82) is 0 Å². The largest absolute Gasteiger partial charge is 0.439 e. The van der Waals surface area contributed by atoms with Crippen LogP contribution in [0.5, 0.6) is 11.6 Å². The lowest BCUT2D eigenvalue weighted by atomic mass is 10.2. The molecule has 0 atom stereocenters. The maximum absolute atomic E-state index is 5.89. The van der Waals surface area contributed by atoms with E-state index in [2.05, 4.69) is 30.4 Å². The molecule has 0 aliphatic heterocycles. The second kappa shape index (κ2) is 6.47. The quantitative estimate of drug-likeness (QED) is 0.463. The molecule has 9 heteroatoms. The van der Waals surface area contributed by atoms with Crippen LogP contribution in [0.15, 0.2) is 67.5 Å². The molecular weight excluding hydrogens is 356 g/mol. The maximum atomic E-state index is 5.89. The molecule has 0 aliphatic rings. The molecule has 0 saturated heterocycles. The van der Waals surface area contributed by atoms with E-state index in [0.29, 0.717) is 28.8 Å². The molecule has 0 fully saturated rings. The van der Waals surface area contributed by atoms with Gasteiger partial charge in [-0.1, -0.05) is 0 Å². The molecule has 9 nitrogen and oxygen atoms in total. The molecule has 5 aromatic rings. The fourth-order valence-electron chi connectivity index (χ4n) is 2.80. The Morgan fingerprint density at radius 2 is 1.79 bits per heavy atom. The first-order chi connectivity index (χ1) is 13.7. The molecule has 3 heterocycles. The fourth-order valence-corrected chi connectivity index (χ4v) is 2.80. The van der Waals surface area contributed by atoms with Gasteiger partial charge in [-0.2, -0.15) is 5.10 Å². The van der Waals surface area contributed by atoms with Gasteiger partial charge in [0, 0.05) is 22.8 Å². The Kier molecular flexibility index (Phi) is 3.68. The highest BCUT2D eigenvalue weighted by molar-refractivity contribution is 5.92. The zero-order valence-corrected chi connectivity index (χ0v) is 14.5. The number of aromatic nitrogens is 6. The lowest BCUT2D eigenvalue weighted by Gasteiger charge is -2.10. The van der Waals surface area contributed by atoms with Crippen LogP contribution >= 0.6 is 0 Å². The van der Waals surface area contributed by atoms with Crippen LogP contribution in [0.25, 0.3) is 16.6 Å². The molecule has 28 heavy (non-hydrogen) atoms. The zero-order chi connectivity index (χ0) is 18.9. The summed E-state index contributed by atoms with van der Waals surface area (Å²) in [6.07, 6.45) is 4.54. The monoisotopic (exact) mass is 370 g/mol. The summed E-state index contributed by atoms with van der Waals surface area (Å²) in [5.41, 5.74) is 8.89. The van der Waals surface area contributed by atoms with E-state index in [4.69, 9.17) is 10.5 Å². The van der Waals surface area contributed by atoms with E-state index >= 15 is 0 Å². The van der Waals surface area contributed by atoms with Crippen LogP contribution in [0.2, 0.25) is 0 Å². The summed E-state index contributed by atoms with van der Waals surface area (Å²) in [5.74, 6) is 1.78. The van der Waals surface area contributed by atoms with Gasteiger partial charge >= 0.3 is 0 Å². The van der Waals surface area contributed by atoms with Crippen molar-refractivity contribution in [3.05, 3.63) is 67.5 Å². The number of nitrogens with two attached hydrogens (primary N) is 1. The molecule has 0 aliphatic carbocycles. The van der Waals surface area contributed by atoms with E-state index in [-0.39, 0.29) is 0 Å². The topological polar surface area (TPSA) is 116 Å².